The highest BCUT2D eigenvalue weighted by atomic mass is 16.6. The van der Waals surface area contributed by atoms with Crippen LogP contribution in [0.2, 0.25) is 0 Å². The number of hydrogen-bond acceptors (Lipinski definition) is 5. The molecule has 3 rings (SSSR count). The summed E-state index contributed by atoms with van der Waals surface area (Å²) in [7, 11) is 1.62. The lowest BCUT2D eigenvalue weighted by atomic mass is 10.0. The quantitative estimate of drug-likeness (QED) is 0.255. The molecule has 31 heavy (non-hydrogen) atoms. The molecular weight excluding hydrogens is 392 g/mol. The topological polar surface area (TPSA) is 73.6 Å². The van der Waals surface area contributed by atoms with Crippen molar-refractivity contribution in [3.63, 3.8) is 0 Å². The number of para-hydroxylation sites is 1. The molecular formula is C25H26N2O4. The first kappa shape index (κ1) is 21.9. The van der Waals surface area contributed by atoms with Crippen LogP contribution in [0.1, 0.15) is 22.3 Å². The van der Waals surface area contributed by atoms with E-state index >= 15 is 0 Å². The fourth-order valence-corrected chi connectivity index (χ4v) is 3.29. The first-order valence-electron chi connectivity index (χ1n) is 9.98. The number of allylic oxidation sites excluding steroid dienone is 1. The van der Waals surface area contributed by atoms with Crippen LogP contribution >= 0.6 is 0 Å². The Labute approximate surface area is 182 Å². The molecule has 0 spiro atoms. The van der Waals surface area contributed by atoms with Crippen molar-refractivity contribution in [2.24, 2.45) is 0 Å². The SMILES string of the molecule is C=CCc1cc(CNc2ccccc2C)cc(OC)c1OCc1ccc([N+](=O)[O-])cc1. The summed E-state index contributed by atoms with van der Waals surface area (Å²) in [5, 5.41) is 14.3. The third-order valence-electron chi connectivity index (χ3n) is 4.93. The van der Waals surface area contributed by atoms with Gasteiger partial charge in [-0.15, -0.1) is 6.58 Å². The van der Waals surface area contributed by atoms with Crippen molar-refractivity contribution < 1.29 is 14.4 Å². The van der Waals surface area contributed by atoms with E-state index in [-0.39, 0.29) is 12.3 Å². The van der Waals surface area contributed by atoms with Gasteiger partial charge in [0.2, 0.25) is 0 Å². The second-order valence-corrected chi connectivity index (χ2v) is 7.16. The standard InChI is InChI=1S/C25H26N2O4/c1-4-7-21-14-20(16-26-23-9-6-5-8-18(23)2)15-24(30-3)25(21)31-17-19-10-12-22(13-11-19)27(28)29/h4-6,8-15,26H,1,7,16-17H2,2-3H3. The zero-order valence-electron chi connectivity index (χ0n) is 17.8. The number of benzene rings is 3. The molecule has 0 fully saturated rings. The molecule has 0 atom stereocenters. The number of ether oxygens (including phenoxy) is 2. The lowest BCUT2D eigenvalue weighted by Gasteiger charge is -2.17. The number of nitro benzene ring substituents is 1. The summed E-state index contributed by atoms with van der Waals surface area (Å²) >= 11 is 0. The minimum Gasteiger partial charge on any atom is -0.493 e. The van der Waals surface area contributed by atoms with Gasteiger partial charge < -0.3 is 14.8 Å². The molecule has 0 heterocycles. The maximum absolute atomic E-state index is 10.8. The minimum atomic E-state index is -0.417. The van der Waals surface area contributed by atoms with Crippen LogP contribution in [-0.2, 0) is 19.6 Å². The van der Waals surface area contributed by atoms with Crippen LogP contribution in [0.3, 0.4) is 0 Å². The Kier molecular flexibility index (Phi) is 7.27. The van der Waals surface area contributed by atoms with Crippen molar-refractivity contribution in [2.75, 3.05) is 12.4 Å². The van der Waals surface area contributed by atoms with Crippen molar-refractivity contribution in [3.05, 3.63) is 106 Å². The first-order valence-corrected chi connectivity index (χ1v) is 9.98. The van der Waals surface area contributed by atoms with E-state index in [0.29, 0.717) is 24.5 Å². The largest absolute Gasteiger partial charge is 0.493 e. The van der Waals surface area contributed by atoms with Gasteiger partial charge in [-0.05, 0) is 60.4 Å². The van der Waals surface area contributed by atoms with Gasteiger partial charge in [-0.3, -0.25) is 10.1 Å². The van der Waals surface area contributed by atoms with Crippen LogP contribution in [-0.4, -0.2) is 12.0 Å². The second kappa shape index (κ2) is 10.3. The number of methoxy groups -OCH3 is 1. The summed E-state index contributed by atoms with van der Waals surface area (Å²) in [5.74, 6) is 1.29. The zero-order chi connectivity index (χ0) is 22.2. The Morgan fingerprint density at radius 3 is 2.48 bits per heavy atom. The monoisotopic (exact) mass is 418 g/mol. The number of rotatable bonds is 10. The predicted molar refractivity (Wildman–Crippen MR) is 123 cm³/mol. The van der Waals surface area contributed by atoms with Gasteiger partial charge in [-0.25, -0.2) is 0 Å². The molecule has 160 valence electrons. The molecule has 0 bridgehead atoms. The molecule has 0 aliphatic rings. The van der Waals surface area contributed by atoms with E-state index in [1.165, 1.54) is 17.7 Å². The number of nitrogens with zero attached hydrogens (tertiary/aromatic N) is 1. The van der Waals surface area contributed by atoms with E-state index in [0.717, 1.165) is 22.4 Å². The van der Waals surface area contributed by atoms with Gasteiger partial charge in [0, 0.05) is 29.9 Å². The molecule has 3 aromatic carbocycles. The van der Waals surface area contributed by atoms with Crippen molar-refractivity contribution in [1.29, 1.82) is 0 Å². The maximum atomic E-state index is 10.8. The van der Waals surface area contributed by atoms with Crippen molar-refractivity contribution >= 4 is 11.4 Å². The Morgan fingerprint density at radius 1 is 1.10 bits per heavy atom. The molecule has 0 aromatic heterocycles. The molecule has 1 N–H and O–H groups in total. The average Bonchev–Trinajstić information content (AvgIpc) is 2.78. The molecule has 0 radical (unpaired) electrons. The van der Waals surface area contributed by atoms with E-state index in [9.17, 15) is 10.1 Å². The van der Waals surface area contributed by atoms with Gasteiger partial charge in [0.1, 0.15) is 6.61 Å². The van der Waals surface area contributed by atoms with E-state index in [1.807, 2.05) is 24.3 Å². The molecule has 6 heteroatoms. The van der Waals surface area contributed by atoms with Crippen LogP contribution in [0.15, 0.2) is 73.3 Å². The zero-order valence-corrected chi connectivity index (χ0v) is 17.8. The summed E-state index contributed by atoms with van der Waals surface area (Å²) in [6.45, 7) is 6.85. The number of hydrogen-bond donors (Lipinski definition) is 1. The third-order valence-corrected chi connectivity index (χ3v) is 4.93. The first-order chi connectivity index (χ1) is 15.0. The Balaban J connectivity index is 1.79. The van der Waals surface area contributed by atoms with Crippen LogP contribution < -0.4 is 14.8 Å². The minimum absolute atomic E-state index is 0.0548. The van der Waals surface area contributed by atoms with Gasteiger partial charge in [-0.2, -0.15) is 0 Å². The fourth-order valence-electron chi connectivity index (χ4n) is 3.29. The third kappa shape index (κ3) is 5.63. The second-order valence-electron chi connectivity index (χ2n) is 7.16. The number of non-ortho nitro benzene ring substituents is 1. The molecule has 0 saturated heterocycles. The summed E-state index contributed by atoms with van der Waals surface area (Å²) < 4.78 is 11.7. The number of anilines is 1. The van der Waals surface area contributed by atoms with Crippen molar-refractivity contribution in [1.82, 2.24) is 0 Å². The molecule has 3 aromatic rings. The van der Waals surface area contributed by atoms with Gasteiger partial charge in [0.25, 0.3) is 5.69 Å². The van der Waals surface area contributed by atoms with E-state index in [2.05, 4.69) is 37.0 Å². The van der Waals surface area contributed by atoms with Crippen LogP contribution in [0.4, 0.5) is 11.4 Å². The molecule has 6 nitrogen and oxygen atoms in total. The molecule has 0 aliphatic heterocycles. The van der Waals surface area contributed by atoms with E-state index in [1.54, 1.807) is 19.2 Å². The van der Waals surface area contributed by atoms with Gasteiger partial charge in [-0.1, -0.05) is 24.3 Å². The number of nitro groups is 1. The average molecular weight is 418 g/mol. The molecule has 0 aliphatic carbocycles. The number of nitrogens with one attached hydrogen (secondary N) is 1. The lowest BCUT2D eigenvalue weighted by Crippen LogP contribution is -2.05. The highest BCUT2D eigenvalue weighted by Crippen LogP contribution is 2.34. The highest BCUT2D eigenvalue weighted by molar-refractivity contribution is 5.53. The number of aryl methyl sites for hydroxylation is 1. The van der Waals surface area contributed by atoms with Crippen molar-refractivity contribution in [3.8, 4) is 11.5 Å². The summed E-state index contributed by atoms with van der Waals surface area (Å²) in [5.41, 5.74) is 5.20. The Hall–Kier alpha value is -3.80. The molecule has 0 amide bonds. The normalized spacial score (nSPS) is 10.4. The lowest BCUT2D eigenvalue weighted by molar-refractivity contribution is -0.384. The summed E-state index contributed by atoms with van der Waals surface area (Å²) in [6, 6.07) is 18.5. The summed E-state index contributed by atoms with van der Waals surface area (Å²) in [6.07, 6.45) is 2.45. The molecule has 0 saturated carbocycles. The summed E-state index contributed by atoms with van der Waals surface area (Å²) in [4.78, 5) is 10.4. The smallest absolute Gasteiger partial charge is 0.269 e. The highest BCUT2D eigenvalue weighted by Gasteiger charge is 2.14. The molecule has 0 unspecified atom stereocenters. The Bertz CT molecular complexity index is 1060. The van der Waals surface area contributed by atoms with Crippen LogP contribution in [0.5, 0.6) is 11.5 Å². The van der Waals surface area contributed by atoms with Crippen LogP contribution in [0.25, 0.3) is 0 Å². The van der Waals surface area contributed by atoms with Crippen LogP contribution in [0, 0.1) is 17.0 Å². The van der Waals surface area contributed by atoms with Gasteiger partial charge in [0.05, 0.1) is 12.0 Å². The Morgan fingerprint density at radius 2 is 1.84 bits per heavy atom. The van der Waals surface area contributed by atoms with E-state index in [4.69, 9.17) is 9.47 Å². The predicted octanol–water partition coefficient (Wildman–Crippen LogP) is 5.83. The maximum Gasteiger partial charge on any atom is 0.269 e. The van der Waals surface area contributed by atoms with E-state index < -0.39 is 4.92 Å². The van der Waals surface area contributed by atoms with Gasteiger partial charge >= 0.3 is 0 Å². The fraction of sp³-hybridized carbons (Fsp3) is 0.200. The van der Waals surface area contributed by atoms with Gasteiger partial charge in [0.15, 0.2) is 11.5 Å². The van der Waals surface area contributed by atoms with Crippen molar-refractivity contribution in [2.45, 2.75) is 26.5 Å².